The second-order valence-corrected chi connectivity index (χ2v) is 9.44. The number of halogens is 1. The third-order valence-electron chi connectivity index (χ3n) is 5.54. The fourth-order valence-electron chi connectivity index (χ4n) is 3.97. The van der Waals surface area contributed by atoms with Crippen molar-refractivity contribution >= 4 is 28.3 Å². The average molecular weight is 416 g/mol. The van der Waals surface area contributed by atoms with E-state index in [4.69, 9.17) is 0 Å². The molecule has 2 aliphatic heterocycles. The first-order valence-corrected chi connectivity index (χ1v) is 10.8. The van der Waals surface area contributed by atoms with Crippen molar-refractivity contribution in [2.75, 3.05) is 32.7 Å². The molecule has 27 heavy (non-hydrogen) atoms. The summed E-state index contributed by atoms with van der Waals surface area (Å²) in [4.78, 5) is 15.1. The first kappa shape index (κ1) is 22.1. The molecule has 2 heterocycles. The molecule has 0 aromatic heterocycles. The Labute approximate surface area is 168 Å². The van der Waals surface area contributed by atoms with Crippen molar-refractivity contribution in [2.45, 2.75) is 44.6 Å². The van der Waals surface area contributed by atoms with E-state index in [2.05, 4.69) is 12.2 Å². The quantitative estimate of drug-likeness (QED) is 0.819. The van der Waals surface area contributed by atoms with Crippen LogP contribution in [0.2, 0.25) is 0 Å². The molecule has 0 aliphatic carbocycles. The Kier molecular flexibility index (Phi) is 7.30. The lowest BCUT2D eigenvalue weighted by Gasteiger charge is -2.38. The van der Waals surface area contributed by atoms with Gasteiger partial charge in [-0.15, -0.1) is 12.4 Å². The maximum Gasteiger partial charge on any atom is 0.243 e. The molecule has 152 valence electrons. The minimum absolute atomic E-state index is 0. The number of piperazine rings is 1. The standard InChI is InChI=1S/C19H29N3O3S.ClH/c1-14-4-5-18(15(2)12-14)26(24,25)21-9-6-17(7-10-21)19(23)22-11-8-20-13-16(22)3;/h4-5,12,16-17,20H,6-11,13H2,1-3H3;1H/t16-;/m0./s1. The number of benzene rings is 1. The highest BCUT2D eigenvalue weighted by atomic mass is 35.5. The molecule has 0 unspecified atom stereocenters. The van der Waals surface area contributed by atoms with Gasteiger partial charge in [0.15, 0.2) is 0 Å². The van der Waals surface area contributed by atoms with Gasteiger partial charge in [0.25, 0.3) is 0 Å². The predicted molar refractivity (Wildman–Crippen MR) is 109 cm³/mol. The number of nitrogens with zero attached hydrogens (tertiary/aromatic N) is 2. The molecule has 1 amide bonds. The van der Waals surface area contributed by atoms with E-state index in [0.717, 1.165) is 30.8 Å². The van der Waals surface area contributed by atoms with Gasteiger partial charge in [-0.05, 0) is 45.2 Å². The Balaban J connectivity index is 0.00000261. The molecular formula is C19H30ClN3O3S. The van der Waals surface area contributed by atoms with Gasteiger partial charge < -0.3 is 10.2 Å². The molecule has 2 aliphatic rings. The topological polar surface area (TPSA) is 69.7 Å². The van der Waals surface area contributed by atoms with Crippen LogP contribution in [-0.2, 0) is 14.8 Å². The van der Waals surface area contributed by atoms with Gasteiger partial charge in [0.1, 0.15) is 0 Å². The van der Waals surface area contributed by atoms with Crippen LogP contribution in [0.5, 0.6) is 0 Å². The van der Waals surface area contributed by atoms with Crippen molar-refractivity contribution < 1.29 is 13.2 Å². The van der Waals surface area contributed by atoms with Crippen LogP contribution in [0.15, 0.2) is 23.1 Å². The van der Waals surface area contributed by atoms with Crippen LogP contribution < -0.4 is 5.32 Å². The predicted octanol–water partition coefficient (Wildman–Crippen LogP) is 1.95. The number of aryl methyl sites for hydroxylation is 2. The maximum absolute atomic E-state index is 13.0. The Hall–Kier alpha value is -1.15. The monoisotopic (exact) mass is 415 g/mol. The molecule has 1 aromatic rings. The molecule has 6 nitrogen and oxygen atoms in total. The zero-order valence-electron chi connectivity index (χ0n) is 16.3. The number of nitrogens with one attached hydrogen (secondary N) is 1. The van der Waals surface area contributed by atoms with Gasteiger partial charge in [0.05, 0.1) is 4.90 Å². The van der Waals surface area contributed by atoms with Gasteiger partial charge in [-0.2, -0.15) is 4.31 Å². The van der Waals surface area contributed by atoms with Gasteiger partial charge in [-0.25, -0.2) is 8.42 Å². The Bertz CT molecular complexity index is 776. The molecule has 0 radical (unpaired) electrons. The normalized spacial score (nSPS) is 22.3. The summed E-state index contributed by atoms with van der Waals surface area (Å²) < 4.78 is 27.5. The number of carbonyl (C=O) groups excluding carboxylic acids is 1. The molecule has 2 saturated heterocycles. The highest BCUT2D eigenvalue weighted by Gasteiger charge is 2.35. The highest BCUT2D eigenvalue weighted by Crippen LogP contribution is 2.27. The van der Waals surface area contributed by atoms with Crippen molar-refractivity contribution in [1.29, 1.82) is 0 Å². The summed E-state index contributed by atoms with van der Waals surface area (Å²) >= 11 is 0. The van der Waals surface area contributed by atoms with E-state index in [0.29, 0.717) is 30.8 Å². The molecule has 1 atom stereocenters. The van der Waals surface area contributed by atoms with Crippen LogP contribution in [0.25, 0.3) is 0 Å². The minimum Gasteiger partial charge on any atom is -0.337 e. The highest BCUT2D eigenvalue weighted by molar-refractivity contribution is 7.89. The fraction of sp³-hybridized carbons (Fsp3) is 0.632. The first-order valence-electron chi connectivity index (χ1n) is 9.39. The van der Waals surface area contributed by atoms with Crippen LogP contribution in [0.4, 0.5) is 0 Å². The van der Waals surface area contributed by atoms with Crippen LogP contribution in [0, 0.1) is 19.8 Å². The zero-order chi connectivity index (χ0) is 18.9. The Morgan fingerprint density at radius 2 is 1.81 bits per heavy atom. The lowest BCUT2D eigenvalue weighted by Crippen LogP contribution is -2.55. The number of hydrogen-bond acceptors (Lipinski definition) is 4. The summed E-state index contributed by atoms with van der Waals surface area (Å²) in [7, 11) is -3.50. The van der Waals surface area contributed by atoms with E-state index in [9.17, 15) is 13.2 Å². The van der Waals surface area contributed by atoms with Crippen LogP contribution in [0.1, 0.15) is 30.9 Å². The summed E-state index contributed by atoms with van der Waals surface area (Å²) in [5, 5.41) is 3.30. The molecule has 0 saturated carbocycles. The molecule has 1 aromatic carbocycles. The summed E-state index contributed by atoms with van der Waals surface area (Å²) in [6.45, 7) is 9.06. The van der Waals surface area contributed by atoms with E-state index < -0.39 is 10.0 Å². The lowest BCUT2D eigenvalue weighted by molar-refractivity contribution is -0.139. The molecular weight excluding hydrogens is 386 g/mol. The number of piperidine rings is 1. The lowest BCUT2D eigenvalue weighted by atomic mass is 9.95. The molecule has 8 heteroatoms. The van der Waals surface area contributed by atoms with Crippen LogP contribution in [0.3, 0.4) is 0 Å². The molecule has 3 rings (SSSR count). The molecule has 0 spiro atoms. The smallest absolute Gasteiger partial charge is 0.243 e. The Morgan fingerprint density at radius 3 is 2.41 bits per heavy atom. The number of hydrogen-bond donors (Lipinski definition) is 1. The second kappa shape index (κ2) is 8.90. The van der Waals surface area contributed by atoms with Crippen molar-refractivity contribution in [3.05, 3.63) is 29.3 Å². The van der Waals surface area contributed by atoms with Gasteiger partial charge in [-0.3, -0.25) is 4.79 Å². The number of carbonyl (C=O) groups is 1. The third kappa shape index (κ3) is 4.65. The van der Waals surface area contributed by atoms with Gasteiger partial charge >= 0.3 is 0 Å². The number of sulfonamides is 1. The molecule has 1 N–H and O–H groups in total. The van der Waals surface area contributed by atoms with E-state index >= 15 is 0 Å². The second-order valence-electron chi connectivity index (χ2n) is 7.53. The third-order valence-corrected chi connectivity index (χ3v) is 7.59. The molecule has 0 bridgehead atoms. The minimum atomic E-state index is -3.50. The summed E-state index contributed by atoms with van der Waals surface area (Å²) in [6, 6.07) is 5.63. The van der Waals surface area contributed by atoms with Crippen LogP contribution in [-0.4, -0.2) is 62.3 Å². The zero-order valence-corrected chi connectivity index (χ0v) is 17.9. The van der Waals surface area contributed by atoms with Crippen molar-refractivity contribution in [3.8, 4) is 0 Å². The van der Waals surface area contributed by atoms with Gasteiger partial charge in [0.2, 0.25) is 15.9 Å². The van der Waals surface area contributed by atoms with Crippen molar-refractivity contribution in [3.63, 3.8) is 0 Å². The fourth-order valence-corrected chi connectivity index (χ4v) is 5.65. The van der Waals surface area contributed by atoms with E-state index in [1.54, 1.807) is 6.07 Å². The summed E-state index contributed by atoms with van der Waals surface area (Å²) in [5.41, 5.74) is 1.83. The van der Waals surface area contributed by atoms with Crippen molar-refractivity contribution in [2.24, 2.45) is 5.92 Å². The maximum atomic E-state index is 13.0. The van der Waals surface area contributed by atoms with E-state index in [-0.39, 0.29) is 30.3 Å². The van der Waals surface area contributed by atoms with Gasteiger partial charge in [0, 0.05) is 44.7 Å². The van der Waals surface area contributed by atoms with Crippen molar-refractivity contribution in [1.82, 2.24) is 14.5 Å². The number of rotatable bonds is 3. The SMILES string of the molecule is Cc1ccc(S(=O)(=O)N2CCC(C(=O)N3CCNC[C@@H]3C)CC2)c(C)c1.Cl. The van der Waals surface area contributed by atoms with Crippen LogP contribution >= 0.6 is 12.4 Å². The first-order chi connectivity index (χ1) is 12.3. The van der Waals surface area contributed by atoms with E-state index in [1.165, 1.54) is 4.31 Å². The number of amides is 1. The van der Waals surface area contributed by atoms with Gasteiger partial charge in [-0.1, -0.05) is 17.7 Å². The average Bonchev–Trinajstić information content (AvgIpc) is 2.61. The van der Waals surface area contributed by atoms with E-state index in [1.807, 2.05) is 30.9 Å². The summed E-state index contributed by atoms with van der Waals surface area (Å²) in [6.07, 6.45) is 1.19. The largest absolute Gasteiger partial charge is 0.337 e. The summed E-state index contributed by atoms with van der Waals surface area (Å²) in [5.74, 6) is 0.115. The Morgan fingerprint density at radius 1 is 1.15 bits per heavy atom. The molecule has 2 fully saturated rings.